The molecule has 1 saturated heterocycles. The van der Waals surface area contributed by atoms with Gasteiger partial charge in [-0.15, -0.1) is 0 Å². The lowest BCUT2D eigenvalue weighted by molar-refractivity contribution is 0.0526. The topological polar surface area (TPSA) is 55.8 Å². The van der Waals surface area contributed by atoms with Gasteiger partial charge in [0.1, 0.15) is 6.61 Å². The number of likely N-dealkylation sites (tertiary alicyclic amines) is 1. The number of hydrogen-bond acceptors (Lipinski definition) is 4. The van der Waals surface area contributed by atoms with Crippen LogP contribution in [0.5, 0.6) is 0 Å². The first-order valence-corrected chi connectivity index (χ1v) is 8.40. The maximum atomic E-state index is 12.0. The summed E-state index contributed by atoms with van der Waals surface area (Å²) in [5.74, 6) is -0.0331. The predicted molar refractivity (Wildman–Crippen MR) is 93.3 cm³/mol. The Balaban J connectivity index is 1.47. The van der Waals surface area contributed by atoms with Crippen LogP contribution >= 0.6 is 0 Å². The van der Waals surface area contributed by atoms with E-state index >= 15 is 0 Å². The van der Waals surface area contributed by atoms with Crippen molar-refractivity contribution < 1.29 is 19.1 Å². The van der Waals surface area contributed by atoms with Gasteiger partial charge in [-0.05, 0) is 30.2 Å². The molecule has 0 radical (unpaired) electrons. The SMILES string of the molecule is CCOC(=O)c1ccc(C2CN(C(=O)OCc3ccccc3)C2)cc1. The van der Waals surface area contributed by atoms with Crippen molar-refractivity contribution in [2.24, 2.45) is 0 Å². The van der Waals surface area contributed by atoms with Gasteiger partial charge >= 0.3 is 12.1 Å². The monoisotopic (exact) mass is 339 g/mol. The number of carbonyl (C=O) groups is 2. The van der Waals surface area contributed by atoms with E-state index in [1.54, 1.807) is 24.0 Å². The summed E-state index contributed by atoms with van der Waals surface area (Å²) in [7, 11) is 0. The first-order valence-electron chi connectivity index (χ1n) is 8.40. The minimum Gasteiger partial charge on any atom is -0.462 e. The molecule has 25 heavy (non-hydrogen) atoms. The molecule has 0 aliphatic carbocycles. The number of esters is 1. The fraction of sp³-hybridized carbons (Fsp3) is 0.300. The molecule has 130 valence electrons. The van der Waals surface area contributed by atoms with Crippen LogP contribution in [-0.2, 0) is 16.1 Å². The molecule has 1 aliphatic heterocycles. The number of ether oxygens (including phenoxy) is 2. The molecule has 2 aromatic rings. The van der Waals surface area contributed by atoms with Crippen molar-refractivity contribution in [3.63, 3.8) is 0 Å². The summed E-state index contributed by atoms with van der Waals surface area (Å²) >= 11 is 0. The van der Waals surface area contributed by atoms with E-state index in [0.29, 0.717) is 25.3 Å². The van der Waals surface area contributed by atoms with Gasteiger partial charge in [0.05, 0.1) is 12.2 Å². The number of carbonyl (C=O) groups excluding carboxylic acids is 2. The molecule has 3 rings (SSSR count). The summed E-state index contributed by atoms with van der Waals surface area (Å²) in [6.07, 6.45) is -0.289. The lowest BCUT2D eigenvalue weighted by atomic mass is 9.91. The number of nitrogens with zero attached hydrogens (tertiary/aromatic N) is 1. The highest BCUT2D eigenvalue weighted by Gasteiger charge is 2.32. The van der Waals surface area contributed by atoms with Gasteiger partial charge in [0, 0.05) is 19.0 Å². The van der Waals surface area contributed by atoms with Crippen LogP contribution in [0, 0.1) is 0 Å². The molecule has 1 fully saturated rings. The van der Waals surface area contributed by atoms with Gasteiger partial charge in [-0.1, -0.05) is 42.5 Å². The Morgan fingerprint density at radius 1 is 1.00 bits per heavy atom. The molecule has 0 N–H and O–H groups in total. The van der Waals surface area contributed by atoms with Crippen molar-refractivity contribution in [2.45, 2.75) is 19.4 Å². The van der Waals surface area contributed by atoms with E-state index in [4.69, 9.17) is 9.47 Å². The molecule has 0 saturated carbocycles. The second-order valence-electron chi connectivity index (χ2n) is 5.98. The fourth-order valence-electron chi connectivity index (χ4n) is 2.75. The highest BCUT2D eigenvalue weighted by atomic mass is 16.6. The maximum absolute atomic E-state index is 12.0. The average molecular weight is 339 g/mol. The van der Waals surface area contributed by atoms with Gasteiger partial charge in [0.25, 0.3) is 0 Å². The van der Waals surface area contributed by atoms with E-state index in [1.807, 2.05) is 42.5 Å². The molecule has 0 bridgehead atoms. The zero-order valence-electron chi connectivity index (χ0n) is 14.2. The van der Waals surface area contributed by atoms with Gasteiger partial charge in [0.15, 0.2) is 0 Å². The first kappa shape index (κ1) is 17.0. The zero-order valence-corrected chi connectivity index (χ0v) is 14.2. The van der Waals surface area contributed by atoms with E-state index in [2.05, 4.69) is 0 Å². The van der Waals surface area contributed by atoms with Gasteiger partial charge in [-0.2, -0.15) is 0 Å². The van der Waals surface area contributed by atoms with Crippen molar-refractivity contribution in [3.8, 4) is 0 Å². The van der Waals surface area contributed by atoms with E-state index in [9.17, 15) is 9.59 Å². The highest BCUT2D eigenvalue weighted by Crippen LogP contribution is 2.28. The number of rotatable bonds is 5. The minimum atomic E-state index is -0.311. The van der Waals surface area contributed by atoms with Crippen LogP contribution in [0.1, 0.15) is 34.3 Å². The van der Waals surface area contributed by atoms with Crippen molar-refractivity contribution in [3.05, 3.63) is 71.3 Å². The molecule has 0 unspecified atom stereocenters. The molecule has 1 amide bonds. The van der Waals surface area contributed by atoms with E-state index in [1.165, 1.54) is 0 Å². The van der Waals surface area contributed by atoms with Gasteiger partial charge in [-0.25, -0.2) is 9.59 Å². The Kier molecular flexibility index (Phi) is 5.33. The molecule has 0 aromatic heterocycles. The molecule has 5 heteroatoms. The summed E-state index contributed by atoms with van der Waals surface area (Å²) in [6.45, 7) is 3.70. The lowest BCUT2D eigenvalue weighted by Crippen LogP contribution is -2.48. The summed E-state index contributed by atoms with van der Waals surface area (Å²) in [5.41, 5.74) is 2.63. The average Bonchev–Trinajstić information content (AvgIpc) is 2.60. The Hall–Kier alpha value is -2.82. The molecule has 2 aromatic carbocycles. The third-order valence-corrected chi connectivity index (χ3v) is 4.24. The third-order valence-electron chi connectivity index (χ3n) is 4.24. The molecule has 0 spiro atoms. The van der Waals surface area contributed by atoms with Gasteiger partial charge < -0.3 is 14.4 Å². The molecular formula is C20H21NO4. The lowest BCUT2D eigenvalue weighted by Gasteiger charge is -2.38. The van der Waals surface area contributed by atoms with Crippen LogP contribution in [-0.4, -0.2) is 36.7 Å². The maximum Gasteiger partial charge on any atom is 0.410 e. The van der Waals surface area contributed by atoms with Crippen LogP contribution in [0.2, 0.25) is 0 Å². The summed E-state index contributed by atoms with van der Waals surface area (Å²) in [6, 6.07) is 17.0. The smallest absolute Gasteiger partial charge is 0.410 e. The standard InChI is InChI=1S/C20H21NO4/c1-2-24-19(22)17-10-8-16(9-11-17)18-12-21(13-18)20(23)25-14-15-6-4-3-5-7-15/h3-11,18H,2,12-14H2,1H3. The number of benzene rings is 2. The van der Waals surface area contributed by atoms with Crippen molar-refractivity contribution in [1.82, 2.24) is 4.90 Å². The Morgan fingerprint density at radius 3 is 2.32 bits per heavy atom. The summed E-state index contributed by atoms with van der Waals surface area (Å²) in [4.78, 5) is 25.4. The minimum absolute atomic E-state index is 0.278. The molecule has 1 aliphatic rings. The zero-order chi connectivity index (χ0) is 17.6. The van der Waals surface area contributed by atoms with Crippen LogP contribution in [0.25, 0.3) is 0 Å². The molecule has 5 nitrogen and oxygen atoms in total. The van der Waals surface area contributed by atoms with Crippen molar-refractivity contribution in [1.29, 1.82) is 0 Å². The number of hydrogen-bond donors (Lipinski definition) is 0. The Morgan fingerprint density at radius 2 is 1.68 bits per heavy atom. The normalized spacial score (nSPS) is 13.9. The molecular weight excluding hydrogens is 318 g/mol. The highest BCUT2D eigenvalue weighted by molar-refractivity contribution is 5.89. The van der Waals surface area contributed by atoms with Crippen molar-refractivity contribution in [2.75, 3.05) is 19.7 Å². The fourth-order valence-corrected chi connectivity index (χ4v) is 2.75. The van der Waals surface area contributed by atoms with E-state index in [0.717, 1.165) is 11.1 Å². The van der Waals surface area contributed by atoms with Crippen LogP contribution in [0.4, 0.5) is 4.79 Å². The molecule has 1 heterocycles. The third kappa shape index (κ3) is 4.18. The second-order valence-corrected chi connectivity index (χ2v) is 5.98. The van der Waals surface area contributed by atoms with Gasteiger partial charge in [-0.3, -0.25) is 0 Å². The largest absolute Gasteiger partial charge is 0.462 e. The number of amides is 1. The second kappa shape index (κ2) is 7.83. The van der Waals surface area contributed by atoms with E-state index < -0.39 is 0 Å². The van der Waals surface area contributed by atoms with Crippen LogP contribution < -0.4 is 0 Å². The summed E-state index contributed by atoms with van der Waals surface area (Å²) < 4.78 is 10.3. The molecule has 0 atom stereocenters. The first-order chi connectivity index (χ1) is 12.2. The van der Waals surface area contributed by atoms with Crippen LogP contribution in [0.3, 0.4) is 0 Å². The van der Waals surface area contributed by atoms with Crippen LogP contribution in [0.15, 0.2) is 54.6 Å². The predicted octanol–water partition coefficient (Wildman–Crippen LogP) is 3.60. The van der Waals surface area contributed by atoms with E-state index in [-0.39, 0.29) is 24.6 Å². The quantitative estimate of drug-likeness (QED) is 0.781. The van der Waals surface area contributed by atoms with Gasteiger partial charge in [0.2, 0.25) is 0 Å². The summed E-state index contributed by atoms with van der Waals surface area (Å²) in [5, 5.41) is 0. The Bertz CT molecular complexity index is 721. The van der Waals surface area contributed by atoms with Crippen molar-refractivity contribution >= 4 is 12.1 Å². The Labute approximate surface area is 147 Å².